The molecule has 4 rings (SSSR count). The minimum atomic E-state index is -4.84. The number of fused-ring (bicyclic) bond motifs is 1. The van der Waals surface area contributed by atoms with Crippen molar-refractivity contribution in [2.24, 2.45) is 5.92 Å². The van der Waals surface area contributed by atoms with Crippen LogP contribution in [0.3, 0.4) is 0 Å². The molecule has 4 aromatic rings. The van der Waals surface area contributed by atoms with Gasteiger partial charge in [-0.05, 0) is 57.5 Å². The molecular formula is C22H17BrF3N5O5. The molecule has 0 aliphatic heterocycles. The maximum atomic E-state index is 12.7. The monoisotopic (exact) mass is 567 g/mol. The molecule has 0 aliphatic rings. The maximum Gasteiger partial charge on any atom is 0.573 e. The third-order valence-corrected chi connectivity index (χ3v) is 5.28. The predicted molar refractivity (Wildman–Crippen MR) is 123 cm³/mol. The molecule has 0 bridgehead atoms. The normalized spacial score (nSPS) is 11.6. The number of hydrogen-bond donors (Lipinski definition) is 1. The Bertz CT molecular complexity index is 1430. The Morgan fingerprint density at radius 1 is 1.17 bits per heavy atom. The van der Waals surface area contributed by atoms with Crippen LogP contribution in [-0.2, 0) is 16.3 Å². The zero-order valence-corrected chi connectivity index (χ0v) is 20.3. The zero-order valence-electron chi connectivity index (χ0n) is 18.7. The summed E-state index contributed by atoms with van der Waals surface area (Å²) in [4.78, 5) is 25.4. The van der Waals surface area contributed by atoms with E-state index in [0.717, 1.165) is 10.9 Å². The second kappa shape index (κ2) is 9.97. The summed E-state index contributed by atoms with van der Waals surface area (Å²) in [5.41, 5.74) is 0.864. The molecule has 2 aromatic heterocycles. The Morgan fingerprint density at radius 2 is 1.94 bits per heavy atom. The number of nitrogens with zero attached hydrogens (tertiary/aromatic N) is 4. The van der Waals surface area contributed by atoms with Crippen LogP contribution in [0.15, 0.2) is 51.4 Å². The van der Waals surface area contributed by atoms with Gasteiger partial charge in [0.2, 0.25) is 12.6 Å². The number of ether oxygens (including phenoxy) is 2. The largest absolute Gasteiger partial charge is 0.573 e. The highest BCUT2D eigenvalue weighted by atomic mass is 79.9. The molecule has 1 amide bonds. The summed E-state index contributed by atoms with van der Waals surface area (Å²) in [6, 6.07) is 10.0. The van der Waals surface area contributed by atoms with Gasteiger partial charge in [0.1, 0.15) is 11.3 Å². The molecule has 188 valence electrons. The van der Waals surface area contributed by atoms with Crippen molar-refractivity contribution in [3.63, 3.8) is 0 Å². The second-order valence-corrected chi connectivity index (χ2v) is 8.60. The molecule has 1 N–H and O–H groups in total. The van der Waals surface area contributed by atoms with Crippen LogP contribution < -0.4 is 10.1 Å². The summed E-state index contributed by atoms with van der Waals surface area (Å²) in [5.74, 6) is -1.20. The first-order valence-electron chi connectivity index (χ1n) is 10.3. The Hall–Kier alpha value is -3.94. The highest BCUT2D eigenvalue weighted by molar-refractivity contribution is 9.10. The number of carbonyl (C=O) groups is 2. The first-order chi connectivity index (χ1) is 17.0. The van der Waals surface area contributed by atoms with E-state index in [9.17, 15) is 22.8 Å². The van der Waals surface area contributed by atoms with E-state index in [1.54, 1.807) is 32.0 Å². The van der Waals surface area contributed by atoms with Gasteiger partial charge in [-0.15, -0.1) is 28.2 Å². The fourth-order valence-corrected chi connectivity index (χ4v) is 3.42. The quantitative estimate of drug-likeness (QED) is 0.304. The van der Waals surface area contributed by atoms with Gasteiger partial charge in [0.25, 0.3) is 5.91 Å². The smallest absolute Gasteiger partial charge is 0.453 e. The summed E-state index contributed by atoms with van der Waals surface area (Å²) >= 11 is 2.99. The molecule has 0 unspecified atom stereocenters. The summed E-state index contributed by atoms with van der Waals surface area (Å²) in [6.45, 7) is 3.20. The Balaban J connectivity index is 1.46. The van der Waals surface area contributed by atoms with Gasteiger partial charge in [0.05, 0.1) is 10.4 Å². The number of hydrogen-bond acceptors (Lipinski definition) is 8. The van der Waals surface area contributed by atoms with Gasteiger partial charge in [-0.1, -0.05) is 19.9 Å². The molecule has 0 saturated carbocycles. The summed E-state index contributed by atoms with van der Waals surface area (Å²) in [7, 11) is 0. The molecule has 2 aromatic carbocycles. The first kappa shape index (κ1) is 25.2. The van der Waals surface area contributed by atoms with Crippen molar-refractivity contribution < 1.29 is 36.7 Å². The van der Waals surface area contributed by atoms with Gasteiger partial charge in [-0.2, -0.15) is 0 Å². The number of nitrogens with one attached hydrogen (secondary N) is 1. The Labute approximate surface area is 209 Å². The minimum Gasteiger partial charge on any atom is -0.453 e. The number of tetrazole rings is 1. The van der Waals surface area contributed by atoms with Crippen LogP contribution in [0.4, 0.5) is 18.9 Å². The van der Waals surface area contributed by atoms with Crippen LogP contribution in [0.25, 0.3) is 22.6 Å². The van der Waals surface area contributed by atoms with Crippen molar-refractivity contribution in [3.8, 4) is 17.3 Å². The van der Waals surface area contributed by atoms with Gasteiger partial charge >= 0.3 is 12.3 Å². The van der Waals surface area contributed by atoms with E-state index in [1.807, 2.05) is 0 Å². The van der Waals surface area contributed by atoms with Gasteiger partial charge in [-0.25, -0.2) is 0 Å². The lowest BCUT2D eigenvalue weighted by Crippen LogP contribution is -2.17. The average Bonchev–Trinajstić information content (AvgIpc) is 3.44. The van der Waals surface area contributed by atoms with E-state index < -0.39 is 24.0 Å². The van der Waals surface area contributed by atoms with E-state index >= 15 is 0 Å². The van der Waals surface area contributed by atoms with Crippen LogP contribution in [0.5, 0.6) is 5.75 Å². The highest BCUT2D eigenvalue weighted by Gasteiger charge is 2.32. The van der Waals surface area contributed by atoms with Crippen LogP contribution in [0.1, 0.15) is 24.2 Å². The molecule has 0 spiro atoms. The average molecular weight is 568 g/mol. The topological polar surface area (TPSA) is 121 Å². The van der Waals surface area contributed by atoms with Gasteiger partial charge in [0, 0.05) is 16.6 Å². The maximum absolute atomic E-state index is 12.7. The predicted octanol–water partition coefficient (Wildman–Crippen LogP) is 5.16. The Kier molecular flexibility index (Phi) is 6.97. The fraction of sp³-hybridized carbons (Fsp3) is 0.227. The minimum absolute atomic E-state index is 0.0169. The standard InChI is InChI=1S/C22H17BrF3N5O5/c1-11(2)21(33)34-10-31-29-19(28-30-31)18-7-12-3-4-13(8-17(12)35-18)20(32)27-14-5-6-16(15(23)9-14)36-22(24,25)26/h3-9,11H,10H2,1-2H3,(H,27,32). The number of amides is 1. The molecule has 0 radical (unpaired) electrons. The molecule has 14 heteroatoms. The van der Waals surface area contributed by atoms with Crippen molar-refractivity contribution in [3.05, 3.63) is 52.5 Å². The number of furan rings is 1. The number of rotatable bonds is 7. The van der Waals surface area contributed by atoms with E-state index in [1.165, 1.54) is 18.2 Å². The number of halogens is 4. The molecule has 0 fully saturated rings. The molecular weight excluding hydrogens is 551 g/mol. The molecule has 36 heavy (non-hydrogen) atoms. The second-order valence-electron chi connectivity index (χ2n) is 7.74. The molecule has 0 atom stereocenters. The third-order valence-electron chi connectivity index (χ3n) is 4.66. The van der Waals surface area contributed by atoms with Crippen LogP contribution >= 0.6 is 15.9 Å². The lowest BCUT2D eigenvalue weighted by molar-refractivity contribution is -0.274. The molecule has 10 nitrogen and oxygen atoms in total. The van der Waals surface area contributed by atoms with Crippen LogP contribution in [-0.4, -0.2) is 38.4 Å². The molecule has 0 saturated heterocycles. The van der Waals surface area contributed by atoms with Gasteiger partial charge in [0.15, 0.2) is 5.76 Å². The summed E-state index contributed by atoms with van der Waals surface area (Å²) in [6.07, 6.45) is -4.84. The van der Waals surface area contributed by atoms with E-state index in [4.69, 9.17) is 9.15 Å². The molecule has 2 heterocycles. The van der Waals surface area contributed by atoms with Gasteiger partial charge < -0.3 is 19.2 Å². The Morgan fingerprint density at radius 3 is 2.64 bits per heavy atom. The van der Waals surface area contributed by atoms with E-state index in [2.05, 4.69) is 41.4 Å². The SMILES string of the molecule is CC(C)C(=O)OCn1nnc(-c2cc3ccc(C(=O)Nc4ccc(OC(F)(F)F)c(Br)c4)cc3o2)n1. The van der Waals surface area contributed by atoms with Crippen molar-refractivity contribution in [2.45, 2.75) is 26.9 Å². The van der Waals surface area contributed by atoms with E-state index in [0.29, 0.717) is 11.0 Å². The number of carbonyl (C=O) groups excluding carboxylic acids is 2. The van der Waals surface area contributed by atoms with Crippen molar-refractivity contribution in [2.75, 3.05) is 5.32 Å². The lowest BCUT2D eigenvalue weighted by Gasteiger charge is -2.12. The number of esters is 1. The third kappa shape index (κ3) is 6.00. The number of benzene rings is 2. The van der Waals surface area contributed by atoms with E-state index in [-0.39, 0.29) is 40.0 Å². The first-order valence-corrected chi connectivity index (χ1v) is 11.1. The van der Waals surface area contributed by atoms with Crippen molar-refractivity contribution in [1.29, 1.82) is 0 Å². The summed E-state index contributed by atoms with van der Waals surface area (Å²) in [5, 5.41) is 15.1. The number of aromatic nitrogens is 4. The van der Waals surface area contributed by atoms with Crippen molar-refractivity contribution >= 4 is 44.5 Å². The zero-order chi connectivity index (χ0) is 26.0. The lowest BCUT2D eigenvalue weighted by atomic mass is 10.1. The summed E-state index contributed by atoms with van der Waals surface area (Å²) < 4.78 is 52.0. The fourth-order valence-electron chi connectivity index (χ4n) is 2.96. The number of anilines is 1. The van der Waals surface area contributed by atoms with Crippen LogP contribution in [0, 0.1) is 5.92 Å². The van der Waals surface area contributed by atoms with Gasteiger partial charge in [-0.3, -0.25) is 9.59 Å². The highest BCUT2D eigenvalue weighted by Crippen LogP contribution is 2.33. The van der Waals surface area contributed by atoms with Crippen molar-refractivity contribution in [1.82, 2.24) is 20.2 Å². The number of alkyl halides is 3. The molecule has 0 aliphatic carbocycles. The van der Waals surface area contributed by atoms with Crippen LogP contribution in [0.2, 0.25) is 0 Å².